The van der Waals surface area contributed by atoms with Crippen molar-refractivity contribution in [2.24, 2.45) is 5.92 Å². The minimum atomic E-state index is -0.932. The van der Waals surface area contributed by atoms with Crippen molar-refractivity contribution < 1.29 is 19.4 Å². The maximum absolute atomic E-state index is 13.2. The van der Waals surface area contributed by atoms with E-state index < -0.39 is 12.0 Å². The Labute approximate surface area is 194 Å². The van der Waals surface area contributed by atoms with Gasteiger partial charge in [-0.3, -0.25) is 14.9 Å². The minimum absolute atomic E-state index is 0.0474. The molecule has 3 N–H and O–H groups in total. The Morgan fingerprint density at radius 3 is 3.09 bits per heavy atom. The third-order valence-corrected chi connectivity index (χ3v) is 7.20. The zero-order valence-corrected chi connectivity index (χ0v) is 18.9. The first-order valence-corrected chi connectivity index (χ1v) is 12.1. The van der Waals surface area contributed by atoms with E-state index in [9.17, 15) is 14.7 Å². The van der Waals surface area contributed by atoms with Crippen molar-refractivity contribution in [1.82, 2.24) is 20.5 Å². The second kappa shape index (κ2) is 9.55. The highest BCUT2D eigenvalue weighted by molar-refractivity contribution is 5.82. The molecule has 1 aromatic rings. The van der Waals surface area contributed by atoms with Gasteiger partial charge in [-0.05, 0) is 62.8 Å². The standard InChI is InChI=1S/C25H32N4O4/c30-22(31)15-21(20-9-7-17-11-14-33-24(17)28-20)29-13-10-18(25(29)32)3-1-5-19-8-6-16-4-2-12-26-23(16)27-19/h6-9,18,21,23,26-27H,1-5,10-15H2,(H,30,31). The predicted molar refractivity (Wildman–Crippen MR) is 122 cm³/mol. The van der Waals surface area contributed by atoms with E-state index in [0.29, 0.717) is 24.7 Å². The quantitative estimate of drug-likeness (QED) is 0.557. The van der Waals surface area contributed by atoms with Crippen LogP contribution < -0.4 is 15.4 Å². The zero-order chi connectivity index (χ0) is 22.8. The van der Waals surface area contributed by atoms with Gasteiger partial charge in [0.15, 0.2) is 0 Å². The number of hydrogen-bond acceptors (Lipinski definition) is 6. The lowest BCUT2D eigenvalue weighted by atomic mass is 9.96. The molecule has 4 aliphatic heterocycles. The van der Waals surface area contributed by atoms with Crippen LogP contribution in [0.1, 0.15) is 62.2 Å². The van der Waals surface area contributed by atoms with Crippen LogP contribution in [0.25, 0.3) is 0 Å². The number of nitrogens with zero attached hydrogens (tertiary/aromatic N) is 2. The molecule has 4 aliphatic rings. The van der Waals surface area contributed by atoms with Gasteiger partial charge in [-0.2, -0.15) is 0 Å². The normalized spacial score (nSPS) is 24.8. The van der Waals surface area contributed by atoms with Crippen LogP contribution in [0.3, 0.4) is 0 Å². The van der Waals surface area contributed by atoms with Crippen LogP contribution in [0, 0.1) is 5.92 Å². The molecule has 33 heavy (non-hydrogen) atoms. The third-order valence-electron chi connectivity index (χ3n) is 7.20. The van der Waals surface area contributed by atoms with Gasteiger partial charge in [0.2, 0.25) is 11.8 Å². The Balaban J connectivity index is 1.20. The summed E-state index contributed by atoms with van der Waals surface area (Å²) in [6.45, 7) is 2.21. The number of ether oxygens (including phenoxy) is 1. The number of carbonyl (C=O) groups is 2. The smallest absolute Gasteiger partial charge is 0.305 e. The fraction of sp³-hybridized carbons (Fsp3) is 0.560. The summed E-state index contributed by atoms with van der Waals surface area (Å²) in [4.78, 5) is 31.1. The van der Waals surface area contributed by atoms with Crippen molar-refractivity contribution in [3.8, 4) is 5.88 Å². The fourth-order valence-electron chi connectivity index (χ4n) is 5.40. The monoisotopic (exact) mass is 452 g/mol. The van der Waals surface area contributed by atoms with Gasteiger partial charge in [0.25, 0.3) is 0 Å². The summed E-state index contributed by atoms with van der Waals surface area (Å²) in [5, 5.41) is 16.6. The van der Waals surface area contributed by atoms with Gasteiger partial charge in [0.1, 0.15) is 0 Å². The summed E-state index contributed by atoms with van der Waals surface area (Å²) in [6.07, 6.45) is 11.1. The lowest BCUT2D eigenvalue weighted by molar-refractivity contribution is -0.140. The van der Waals surface area contributed by atoms with E-state index in [4.69, 9.17) is 4.74 Å². The number of carboxylic acid groups (broad SMARTS) is 1. The lowest BCUT2D eigenvalue weighted by Gasteiger charge is -2.32. The van der Waals surface area contributed by atoms with Crippen LogP contribution in [-0.4, -0.2) is 52.7 Å². The zero-order valence-electron chi connectivity index (χ0n) is 18.9. The number of rotatable bonds is 8. The number of piperidine rings is 1. The van der Waals surface area contributed by atoms with Crippen LogP contribution in [0.4, 0.5) is 0 Å². The molecule has 176 valence electrons. The number of hydrogen-bond donors (Lipinski definition) is 3. The van der Waals surface area contributed by atoms with Crippen molar-refractivity contribution in [2.75, 3.05) is 19.7 Å². The highest BCUT2D eigenvalue weighted by atomic mass is 16.5. The molecule has 0 spiro atoms. The van der Waals surface area contributed by atoms with E-state index in [1.165, 1.54) is 17.7 Å². The molecule has 2 saturated heterocycles. The second-order valence-corrected chi connectivity index (χ2v) is 9.39. The Morgan fingerprint density at radius 2 is 2.21 bits per heavy atom. The Bertz CT molecular complexity index is 989. The van der Waals surface area contributed by atoms with Crippen LogP contribution in [0.5, 0.6) is 5.88 Å². The molecule has 3 atom stereocenters. The summed E-state index contributed by atoms with van der Waals surface area (Å²) in [5.41, 5.74) is 4.27. The van der Waals surface area contributed by atoms with Crippen LogP contribution in [-0.2, 0) is 16.0 Å². The molecule has 0 aliphatic carbocycles. The van der Waals surface area contributed by atoms with Gasteiger partial charge >= 0.3 is 5.97 Å². The number of pyridine rings is 1. The number of aromatic nitrogens is 1. The molecule has 1 aromatic heterocycles. The van der Waals surface area contributed by atoms with Gasteiger partial charge in [-0.15, -0.1) is 0 Å². The summed E-state index contributed by atoms with van der Waals surface area (Å²) in [5.74, 6) is -0.372. The van der Waals surface area contributed by atoms with Crippen molar-refractivity contribution >= 4 is 11.9 Å². The molecule has 0 saturated carbocycles. The molecule has 3 unspecified atom stereocenters. The third kappa shape index (κ3) is 4.76. The highest BCUT2D eigenvalue weighted by Crippen LogP contribution is 2.35. The van der Waals surface area contributed by atoms with E-state index in [1.807, 2.05) is 12.1 Å². The molecular formula is C25H32N4O4. The van der Waals surface area contributed by atoms with Gasteiger partial charge in [-0.1, -0.05) is 12.1 Å². The number of carbonyl (C=O) groups excluding carboxylic acids is 1. The molecule has 5 heterocycles. The minimum Gasteiger partial charge on any atom is -0.481 e. The SMILES string of the molecule is O=C(O)CC(c1ccc2c(n1)OCC2)N1CCC(CCCC2=CC=C3CCCNC3N2)C1=O. The fourth-order valence-corrected chi connectivity index (χ4v) is 5.40. The topological polar surface area (TPSA) is 104 Å². The highest BCUT2D eigenvalue weighted by Gasteiger charge is 2.38. The number of dihydropyridines is 1. The van der Waals surface area contributed by atoms with Crippen LogP contribution >= 0.6 is 0 Å². The number of fused-ring (bicyclic) bond motifs is 2. The van der Waals surface area contributed by atoms with Gasteiger partial charge in [0.05, 0.1) is 30.9 Å². The predicted octanol–water partition coefficient (Wildman–Crippen LogP) is 2.67. The van der Waals surface area contributed by atoms with Crippen molar-refractivity contribution in [3.63, 3.8) is 0 Å². The molecule has 0 bridgehead atoms. The van der Waals surface area contributed by atoms with Crippen molar-refractivity contribution in [3.05, 3.63) is 46.8 Å². The first-order valence-electron chi connectivity index (χ1n) is 12.1. The molecule has 8 heteroatoms. The van der Waals surface area contributed by atoms with Gasteiger partial charge < -0.3 is 20.1 Å². The summed E-state index contributed by atoms with van der Waals surface area (Å²) in [6, 6.07) is 3.24. The van der Waals surface area contributed by atoms with E-state index in [2.05, 4.69) is 27.8 Å². The van der Waals surface area contributed by atoms with Gasteiger partial charge in [0, 0.05) is 30.1 Å². The Kier molecular flexibility index (Phi) is 6.35. The van der Waals surface area contributed by atoms with E-state index >= 15 is 0 Å². The number of amides is 1. The van der Waals surface area contributed by atoms with Crippen molar-refractivity contribution in [2.45, 2.75) is 63.6 Å². The summed E-state index contributed by atoms with van der Waals surface area (Å²) >= 11 is 0. The summed E-state index contributed by atoms with van der Waals surface area (Å²) < 4.78 is 5.57. The molecule has 5 rings (SSSR count). The number of aliphatic carboxylic acids is 1. The Hall–Kier alpha value is -2.87. The number of allylic oxidation sites excluding steroid dienone is 3. The Morgan fingerprint density at radius 1 is 1.30 bits per heavy atom. The number of nitrogens with one attached hydrogen (secondary N) is 2. The molecule has 2 fully saturated rings. The van der Waals surface area contributed by atoms with E-state index in [1.54, 1.807) is 4.90 Å². The van der Waals surface area contributed by atoms with Crippen LogP contribution in [0.2, 0.25) is 0 Å². The maximum Gasteiger partial charge on any atom is 0.305 e. The molecular weight excluding hydrogens is 420 g/mol. The van der Waals surface area contributed by atoms with Crippen molar-refractivity contribution in [1.29, 1.82) is 0 Å². The van der Waals surface area contributed by atoms with Crippen LogP contribution in [0.15, 0.2) is 35.6 Å². The van der Waals surface area contributed by atoms with Gasteiger partial charge in [-0.25, -0.2) is 4.98 Å². The molecule has 0 aromatic carbocycles. The largest absolute Gasteiger partial charge is 0.481 e. The maximum atomic E-state index is 13.2. The first-order chi connectivity index (χ1) is 16.1. The summed E-state index contributed by atoms with van der Waals surface area (Å²) in [7, 11) is 0. The van der Waals surface area contributed by atoms with E-state index in [0.717, 1.165) is 50.6 Å². The lowest BCUT2D eigenvalue weighted by Crippen LogP contribution is -2.47. The number of carboxylic acids is 1. The average Bonchev–Trinajstić information content (AvgIpc) is 3.43. The second-order valence-electron chi connectivity index (χ2n) is 9.39. The van der Waals surface area contributed by atoms with E-state index in [-0.39, 0.29) is 24.4 Å². The first kappa shape index (κ1) is 21.9. The molecule has 0 radical (unpaired) electrons. The number of likely N-dealkylation sites (tertiary alicyclic amines) is 1. The molecule has 1 amide bonds. The molecule has 8 nitrogen and oxygen atoms in total. The average molecular weight is 453 g/mol.